The third-order valence-corrected chi connectivity index (χ3v) is 3.16. The van der Waals surface area contributed by atoms with E-state index >= 15 is 0 Å². The van der Waals surface area contributed by atoms with Crippen molar-refractivity contribution in [3.63, 3.8) is 0 Å². The minimum atomic E-state index is 0.919. The second kappa shape index (κ2) is 12.1. The summed E-state index contributed by atoms with van der Waals surface area (Å²) in [6.07, 6.45) is 16.5. The Morgan fingerprint density at radius 3 is 1.93 bits per heavy atom. The first-order valence-corrected chi connectivity index (χ1v) is 7.18. The van der Waals surface area contributed by atoms with Crippen molar-refractivity contribution >= 4 is 0 Å². The van der Waals surface area contributed by atoms with Gasteiger partial charge in [-0.15, -0.1) is 0 Å². The Morgan fingerprint density at radius 2 is 1.33 bits per heavy atom. The topological polar surface area (TPSA) is 0 Å². The fourth-order valence-electron chi connectivity index (χ4n) is 2.06. The molecule has 0 nitrogen and oxygen atoms in total. The third-order valence-electron chi connectivity index (χ3n) is 3.16. The van der Waals surface area contributed by atoms with Crippen LogP contribution in [-0.4, -0.2) is 0 Å². The van der Waals surface area contributed by atoms with Gasteiger partial charge in [-0.05, 0) is 18.8 Å². The Balaban J connectivity index is 3.53. The number of hydrogen-bond donors (Lipinski definition) is 0. The maximum absolute atomic E-state index is 2.61. The molecule has 1 atom stereocenters. The van der Waals surface area contributed by atoms with E-state index in [1.165, 1.54) is 64.2 Å². The third kappa shape index (κ3) is 10.3. The summed E-state index contributed by atoms with van der Waals surface area (Å²) in [7, 11) is 0. The normalized spacial score (nSPS) is 11.2. The van der Waals surface area contributed by atoms with Crippen molar-refractivity contribution in [1.82, 2.24) is 0 Å². The molecule has 0 aromatic carbocycles. The summed E-state index contributed by atoms with van der Waals surface area (Å²) in [5, 5.41) is 0. The number of hydrogen-bond acceptors (Lipinski definition) is 0. The molecule has 0 saturated heterocycles. The van der Waals surface area contributed by atoms with Gasteiger partial charge in [0, 0.05) is 0 Å². The van der Waals surface area contributed by atoms with Crippen LogP contribution in [0.2, 0.25) is 0 Å². The quantitative estimate of drug-likeness (QED) is 0.381. The van der Waals surface area contributed by atoms with Gasteiger partial charge in [-0.25, -0.2) is 0 Å². The maximum atomic E-state index is 2.61. The van der Waals surface area contributed by atoms with E-state index < -0.39 is 0 Å². The highest BCUT2D eigenvalue weighted by atomic mass is 14.1. The van der Waals surface area contributed by atoms with Crippen LogP contribution in [0.5, 0.6) is 0 Å². The van der Waals surface area contributed by atoms with Crippen LogP contribution < -0.4 is 0 Å². The summed E-state index contributed by atoms with van der Waals surface area (Å²) in [6, 6.07) is 0. The molecular formula is C15H31. The molecule has 1 unspecified atom stereocenters. The van der Waals surface area contributed by atoms with Crippen molar-refractivity contribution in [1.29, 1.82) is 0 Å². The van der Waals surface area contributed by atoms with E-state index in [0.717, 1.165) is 5.92 Å². The molecule has 0 saturated carbocycles. The van der Waals surface area contributed by atoms with Crippen LogP contribution in [0.25, 0.3) is 0 Å². The smallest absolute Gasteiger partial charge is 0.0355 e. The first kappa shape index (κ1) is 15.0. The van der Waals surface area contributed by atoms with Crippen molar-refractivity contribution in [2.45, 2.75) is 85.0 Å². The largest absolute Gasteiger partial charge is 0.0654 e. The van der Waals surface area contributed by atoms with Crippen LogP contribution in [0.15, 0.2) is 0 Å². The lowest BCUT2D eigenvalue weighted by Crippen LogP contribution is -2.01. The lowest BCUT2D eigenvalue weighted by atomic mass is 9.90. The Kier molecular flexibility index (Phi) is 12.1. The van der Waals surface area contributed by atoms with E-state index in [-0.39, 0.29) is 0 Å². The van der Waals surface area contributed by atoms with E-state index in [0.29, 0.717) is 0 Å². The Labute approximate surface area is 97.8 Å². The molecule has 0 spiro atoms. The molecule has 15 heavy (non-hydrogen) atoms. The zero-order valence-electron chi connectivity index (χ0n) is 11.2. The fourth-order valence-corrected chi connectivity index (χ4v) is 2.06. The van der Waals surface area contributed by atoms with Gasteiger partial charge in [0.05, 0.1) is 0 Å². The predicted octanol–water partition coefficient (Wildman–Crippen LogP) is 5.77. The maximum Gasteiger partial charge on any atom is -0.0355 e. The summed E-state index contributed by atoms with van der Waals surface area (Å²) in [5.74, 6) is 0.919. The van der Waals surface area contributed by atoms with Crippen LogP contribution in [0, 0.1) is 12.3 Å². The molecule has 0 heteroatoms. The van der Waals surface area contributed by atoms with Gasteiger partial charge in [0.15, 0.2) is 0 Å². The standard InChI is InChI=1S/C15H31/c1-4-7-10-13-15(12-9-6-3)14-11-8-5-2/h13,15H,4-12,14H2,1-3H3. The van der Waals surface area contributed by atoms with Gasteiger partial charge in [-0.3, -0.25) is 0 Å². The van der Waals surface area contributed by atoms with Gasteiger partial charge in [0.2, 0.25) is 0 Å². The Morgan fingerprint density at radius 1 is 0.733 bits per heavy atom. The molecular weight excluding hydrogens is 180 g/mol. The first-order valence-electron chi connectivity index (χ1n) is 7.18. The van der Waals surface area contributed by atoms with Crippen molar-refractivity contribution in [2.24, 2.45) is 5.92 Å². The van der Waals surface area contributed by atoms with Crippen LogP contribution in [0.1, 0.15) is 85.0 Å². The van der Waals surface area contributed by atoms with E-state index in [1.54, 1.807) is 0 Å². The lowest BCUT2D eigenvalue weighted by Gasteiger charge is -2.15. The second-order valence-electron chi connectivity index (χ2n) is 4.78. The van der Waals surface area contributed by atoms with Crippen LogP contribution in [0.4, 0.5) is 0 Å². The second-order valence-corrected chi connectivity index (χ2v) is 4.78. The van der Waals surface area contributed by atoms with Crippen molar-refractivity contribution in [2.75, 3.05) is 0 Å². The molecule has 91 valence electrons. The summed E-state index contributed by atoms with van der Waals surface area (Å²) < 4.78 is 0. The zero-order valence-corrected chi connectivity index (χ0v) is 11.2. The highest BCUT2D eigenvalue weighted by Crippen LogP contribution is 2.21. The number of rotatable bonds is 11. The minimum absolute atomic E-state index is 0.919. The average molecular weight is 211 g/mol. The van der Waals surface area contributed by atoms with Gasteiger partial charge in [0.1, 0.15) is 0 Å². The molecule has 1 radical (unpaired) electrons. The van der Waals surface area contributed by atoms with Gasteiger partial charge >= 0.3 is 0 Å². The molecule has 0 aliphatic carbocycles. The fraction of sp³-hybridized carbons (Fsp3) is 0.933. The average Bonchev–Trinajstić information content (AvgIpc) is 2.25. The molecule has 0 amide bonds. The monoisotopic (exact) mass is 211 g/mol. The van der Waals surface area contributed by atoms with Crippen LogP contribution in [-0.2, 0) is 0 Å². The highest BCUT2D eigenvalue weighted by molar-refractivity contribution is 4.76. The molecule has 0 heterocycles. The van der Waals surface area contributed by atoms with Gasteiger partial charge in [-0.1, -0.05) is 78.6 Å². The Bertz CT molecular complexity index is 96.6. The van der Waals surface area contributed by atoms with Crippen molar-refractivity contribution in [3.05, 3.63) is 6.42 Å². The minimum Gasteiger partial charge on any atom is -0.0654 e. The van der Waals surface area contributed by atoms with Gasteiger partial charge < -0.3 is 0 Å². The summed E-state index contributed by atoms with van der Waals surface area (Å²) in [6.45, 7) is 6.88. The highest BCUT2D eigenvalue weighted by Gasteiger charge is 2.07. The summed E-state index contributed by atoms with van der Waals surface area (Å²) >= 11 is 0. The number of unbranched alkanes of at least 4 members (excludes halogenated alkanes) is 5. The molecule has 0 N–H and O–H groups in total. The molecule has 0 aromatic heterocycles. The van der Waals surface area contributed by atoms with Crippen molar-refractivity contribution in [3.8, 4) is 0 Å². The first-order chi connectivity index (χ1) is 7.35. The van der Waals surface area contributed by atoms with E-state index in [1.807, 2.05) is 0 Å². The van der Waals surface area contributed by atoms with Crippen LogP contribution >= 0.6 is 0 Å². The molecule has 0 aliphatic heterocycles. The van der Waals surface area contributed by atoms with E-state index in [4.69, 9.17) is 0 Å². The molecule has 0 aliphatic rings. The summed E-state index contributed by atoms with van der Waals surface area (Å²) in [4.78, 5) is 0. The Hall–Kier alpha value is 0. The lowest BCUT2D eigenvalue weighted by molar-refractivity contribution is 0.448. The van der Waals surface area contributed by atoms with Crippen molar-refractivity contribution < 1.29 is 0 Å². The van der Waals surface area contributed by atoms with E-state index in [2.05, 4.69) is 27.2 Å². The summed E-state index contributed by atoms with van der Waals surface area (Å²) in [5.41, 5.74) is 0. The zero-order chi connectivity index (χ0) is 11.4. The van der Waals surface area contributed by atoms with E-state index in [9.17, 15) is 0 Å². The molecule has 0 rings (SSSR count). The molecule has 0 bridgehead atoms. The van der Waals surface area contributed by atoms with Gasteiger partial charge in [0.25, 0.3) is 0 Å². The molecule has 0 aromatic rings. The van der Waals surface area contributed by atoms with Gasteiger partial charge in [-0.2, -0.15) is 0 Å². The molecule has 0 fully saturated rings. The SMILES string of the molecule is CCCC[CH]C(CCCC)CCCCC. The van der Waals surface area contributed by atoms with Crippen LogP contribution in [0.3, 0.4) is 0 Å². The predicted molar refractivity (Wildman–Crippen MR) is 71.0 cm³/mol.